The molecule has 1 heterocycles. The van der Waals surface area contributed by atoms with E-state index in [9.17, 15) is 30.3 Å². The van der Waals surface area contributed by atoms with Crippen molar-refractivity contribution < 1.29 is 35.1 Å². The van der Waals surface area contributed by atoms with Crippen molar-refractivity contribution in [2.45, 2.75) is 36.6 Å². The first kappa shape index (κ1) is 14.6. The van der Waals surface area contributed by atoms with Crippen LogP contribution in [0, 0.1) is 0 Å². The van der Waals surface area contributed by atoms with Crippen LogP contribution in [0.2, 0.25) is 0 Å². The molecule has 0 aromatic rings. The Morgan fingerprint density at radius 1 is 1.67 bits per heavy atom. The summed E-state index contributed by atoms with van der Waals surface area (Å²) in [4.78, 5) is 13.0. The third kappa shape index (κ3) is 2.88. The summed E-state index contributed by atoms with van der Waals surface area (Å²) in [5, 5.41) is 51.7. The van der Waals surface area contributed by atoms with Crippen LogP contribution < -0.4 is 5.11 Å². The minimum Gasteiger partial charge on any atom is -0.544 e. The van der Waals surface area contributed by atoms with Gasteiger partial charge in [-0.15, -0.1) is 0 Å². The van der Waals surface area contributed by atoms with E-state index in [1.807, 2.05) is 0 Å². The van der Waals surface area contributed by atoms with Crippen molar-refractivity contribution in [1.29, 1.82) is 0 Å². The lowest BCUT2D eigenvalue weighted by atomic mass is 9.92. The van der Waals surface area contributed by atoms with Gasteiger partial charge in [-0.05, 0) is 5.53 Å². The average Bonchev–Trinajstić information content (AvgIpc) is 2.30. The Morgan fingerprint density at radius 2 is 2.28 bits per heavy atom. The van der Waals surface area contributed by atoms with E-state index in [0.717, 1.165) is 0 Å². The molecule has 10 heteroatoms. The Hall–Kier alpha value is -1.42. The van der Waals surface area contributed by atoms with Crippen LogP contribution >= 0.6 is 0 Å². The summed E-state index contributed by atoms with van der Waals surface area (Å²) < 4.78 is 4.63. The van der Waals surface area contributed by atoms with Gasteiger partial charge < -0.3 is 35.1 Å². The van der Waals surface area contributed by atoms with Gasteiger partial charge in [0.2, 0.25) is 5.79 Å². The number of nitrogens with zero attached hydrogens (tertiary/aromatic N) is 3. The average molecular weight is 262 g/mol. The standard InChI is InChI=1S/C8H13N3O7/c9-11-10-2-4(13)6-5(14)3(12)1-8(17,18-6)7(15)16/h3-6,12-14,17H,1-2H2,(H,15,16)/p-1/t3-,4-,5-,6?,8-/m1/s1. The van der Waals surface area contributed by atoms with Crippen LogP contribution in [0.25, 0.3) is 10.4 Å². The van der Waals surface area contributed by atoms with Gasteiger partial charge >= 0.3 is 0 Å². The number of carboxylic acids is 1. The Bertz CT molecular complexity index is 372. The molecule has 10 nitrogen and oxygen atoms in total. The number of carboxylic acid groups (broad SMARTS) is 1. The van der Waals surface area contributed by atoms with Crippen molar-refractivity contribution in [3.8, 4) is 0 Å². The van der Waals surface area contributed by atoms with Gasteiger partial charge in [-0.3, -0.25) is 0 Å². The van der Waals surface area contributed by atoms with Crippen molar-refractivity contribution in [2.75, 3.05) is 6.54 Å². The van der Waals surface area contributed by atoms with Crippen LogP contribution in [-0.4, -0.2) is 63.1 Å². The van der Waals surface area contributed by atoms with Gasteiger partial charge in [-0.2, -0.15) is 0 Å². The van der Waals surface area contributed by atoms with Gasteiger partial charge in [0.05, 0.1) is 18.8 Å². The number of ether oxygens (including phenoxy) is 1. The second-order valence-electron chi connectivity index (χ2n) is 3.90. The smallest absolute Gasteiger partial charge is 0.210 e. The number of aliphatic carboxylic acids is 1. The maximum absolute atomic E-state index is 10.7. The fraction of sp³-hybridized carbons (Fsp3) is 0.875. The molecule has 4 N–H and O–H groups in total. The molecule has 1 aliphatic heterocycles. The predicted octanol–water partition coefficient (Wildman–Crippen LogP) is -3.39. The molecule has 102 valence electrons. The molecule has 1 aliphatic rings. The number of aliphatic hydroxyl groups is 4. The molecular formula is C8H12N3O7-. The maximum atomic E-state index is 10.7. The lowest BCUT2D eigenvalue weighted by molar-refractivity contribution is -0.378. The second-order valence-corrected chi connectivity index (χ2v) is 3.90. The second kappa shape index (κ2) is 5.48. The number of carbonyl (C=O) groups excluding carboxylic acids is 1. The zero-order valence-electron chi connectivity index (χ0n) is 9.08. The molecule has 1 unspecified atom stereocenters. The van der Waals surface area contributed by atoms with Crippen LogP contribution in [0.3, 0.4) is 0 Å². The monoisotopic (exact) mass is 262 g/mol. The van der Waals surface area contributed by atoms with Gasteiger partial charge in [-0.25, -0.2) is 0 Å². The van der Waals surface area contributed by atoms with Crippen molar-refractivity contribution >= 4 is 5.97 Å². The molecule has 18 heavy (non-hydrogen) atoms. The highest BCUT2D eigenvalue weighted by Gasteiger charge is 2.48. The van der Waals surface area contributed by atoms with Crippen LogP contribution in [0.15, 0.2) is 5.11 Å². The molecule has 0 radical (unpaired) electrons. The summed E-state index contributed by atoms with van der Waals surface area (Å²) in [6, 6.07) is 0. The van der Waals surface area contributed by atoms with E-state index in [4.69, 9.17) is 5.53 Å². The van der Waals surface area contributed by atoms with Crippen molar-refractivity contribution in [3.63, 3.8) is 0 Å². The van der Waals surface area contributed by atoms with Gasteiger partial charge in [0.1, 0.15) is 18.2 Å². The zero-order chi connectivity index (χ0) is 13.9. The fourth-order valence-corrected chi connectivity index (χ4v) is 1.63. The largest absolute Gasteiger partial charge is 0.544 e. The summed E-state index contributed by atoms with van der Waals surface area (Å²) in [6.07, 6.45) is -7.28. The number of azide groups is 1. The highest BCUT2D eigenvalue weighted by molar-refractivity contribution is 5.73. The normalized spacial score (nSPS) is 37.7. The highest BCUT2D eigenvalue weighted by Crippen LogP contribution is 2.29. The van der Waals surface area contributed by atoms with Gasteiger partial charge in [-0.1, -0.05) is 5.11 Å². The molecule has 0 aliphatic carbocycles. The molecule has 5 atom stereocenters. The molecule has 1 rings (SSSR count). The first-order chi connectivity index (χ1) is 8.31. The van der Waals surface area contributed by atoms with E-state index in [2.05, 4.69) is 14.8 Å². The first-order valence-corrected chi connectivity index (χ1v) is 4.98. The van der Waals surface area contributed by atoms with E-state index >= 15 is 0 Å². The van der Waals surface area contributed by atoms with Crippen molar-refractivity contribution in [2.24, 2.45) is 5.11 Å². The third-order valence-corrected chi connectivity index (χ3v) is 2.58. The zero-order valence-corrected chi connectivity index (χ0v) is 9.08. The van der Waals surface area contributed by atoms with Gasteiger partial charge in [0, 0.05) is 11.3 Å². The molecule has 0 saturated carbocycles. The van der Waals surface area contributed by atoms with E-state index in [-0.39, 0.29) is 0 Å². The van der Waals surface area contributed by atoms with Crippen LogP contribution in [0.1, 0.15) is 6.42 Å². The quantitative estimate of drug-likeness (QED) is 0.231. The molecule has 0 spiro atoms. The molecule has 0 bridgehead atoms. The third-order valence-electron chi connectivity index (χ3n) is 2.58. The van der Waals surface area contributed by atoms with Crippen LogP contribution in [0.5, 0.6) is 0 Å². The molecule has 0 amide bonds. The van der Waals surface area contributed by atoms with E-state index in [1.54, 1.807) is 0 Å². The SMILES string of the molecule is [N-]=[N+]=NC[C@@H](O)C1O[C@@](O)(C(=O)[O-])C[C@@H](O)[C@H]1O. The van der Waals surface area contributed by atoms with Crippen molar-refractivity contribution in [1.82, 2.24) is 0 Å². The minimum absolute atomic E-state index is 0.520. The van der Waals surface area contributed by atoms with Crippen LogP contribution in [-0.2, 0) is 9.53 Å². The Morgan fingerprint density at radius 3 is 2.78 bits per heavy atom. The molecule has 1 saturated heterocycles. The summed E-state index contributed by atoms with van der Waals surface area (Å²) in [6.45, 7) is -0.520. The topological polar surface area (TPSA) is 179 Å². The molecule has 0 aromatic carbocycles. The number of hydrogen-bond donors (Lipinski definition) is 4. The Kier molecular flexibility index (Phi) is 4.46. The van der Waals surface area contributed by atoms with Crippen molar-refractivity contribution in [3.05, 3.63) is 10.4 Å². The number of rotatable bonds is 4. The van der Waals surface area contributed by atoms with E-state index < -0.39 is 49.1 Å². The summed E-state index contributed by atoms with van der Waals surface area (Å²) in [5.41, 5.74) is 8.06. The number of aliphatic hydroxyl groups excluding tert-OH is 3. The highest BCUT2D eigenvalue weighted by atomic mass is 16.7. The molecular weight excluding hydrogens is 250 g/mol. The molecule has 1 fully saturated rings. The maximum Gasteiger partial charge on any atom is 0.210 e. The van der Waals surface area contributed by atoms with Crippen LogP contribution in [0.4, 0.5) is 0 Å². The fourth-order valence-electron chi connectivity index (χ4n) is 1.63. The van der Waals surface area contributed by atoms with E-state index in [0.29, 0.717) is 0 Å². The Balaban J connectivity index is 2.88. The summed E-state index contributed by atoms with van der Waals surface area (Å²) in [7, 11) is 0. The predicted molar refractivity (Wildman–Crippen MR) is 51.5 cm³/mol. The number of carbonyl (C=O) groups is 1. The lowest BCUT2D eigenvalue weighted by Crippen LogP contribution is -2.64. The van der Waals surface area contributed by atoms with Gasteiger partial charge in [0.15, 0.2) is 0 Å². The summed E-state index contributed by atoms with van der Waals surface area (Å²) >= 11 is 0. The first-order valence-electron chi connectivity index (χ1n) is 4.98. The van der Waals surface area contributed by atoms with E-state index in [1.165, 1.54) is 0 Å². The number of hydrogen-bond acceptors (Lipinski definition) is 8. The Labute approximate surface area is 101 Å². The van der Waals surface area contributed by atoms with Gasteiger partial charge in [0.25, 0.3) is 0 Å². The minimum atomic E-state index is -2.82. The summed E-state index contributed by atoms with van der Waals surface area (Å²) in [5.74, 6) is -4.82. The molecule has 0 aromatic heterocycles. The lowest BCUT2D eigenvalue weighted by Gasteiger charge is -2.44.